The lowest BCUT2D eigenvalue weighted by Gasteiger charge is -2.16. The molecule has 27 heavy (non-hydrogen) atoms. The predicted octanol–water partition coefficient (Wildman–Crippen LogP) is 4.11. The van der Waals surface area contributed by atoms with Crippen molar-refractivity contribution in [2.24, 2.45) is 0 Å². The number of nitrogens with one attached hydrogen (secondary N) is 3. The Labute approximate surface area is 155 Å². The average Bonchev–Trinajstić information content (AvgIpc) is 3.06. The van der Waals surface area contributed by atoms with Gasteiger partial charge in [-0.05, 0) is 36.7 Å². The van der Waals surface area contributed by atoms with Crippen LogP contribution in [0.3, 0.4) is 0 Å². The Morgan fingerprint density at radius 2 is 2.04 bits per heavy atom. The summed E-state index contributed by atoms with van der Waals surface area (Å²) in [6.45, 7) is 0.956. The Bertz CT molecular complexity index is 912. The number of para-hydroxylation sites is 1. The van der Waals surface area contributed by atoms with Crippen molar-refractivity contribution in [1.29, 1.82) is 0 Å². The zero-order chi connectivity index (χ0) is 18.6. The van der Waals surface area contributed by atoms with Gasteiger partial charge in [0.15, 0.2) is 0 Å². The molecule has 0 fully saturated rings. The van der Waals surface area contributed by atoms with Gasteiger partial charge in [-0.2, -0.15) is 0 Å². The highest BCUT2D eigenvalue weighted by atomic mass is 19.3. The van der Waals surface area contributed by atoms with Crippen LogP contribution < -0.4 is 15.4 Å². The van der Waals surface area contributed by atoms with Gasteiger partial charge >= 0.3 is 0 Å². The van der Waals surface area contributed by atoms with Crippen molar-refractivity contribution in [2.75, 3.05) is 18.5 Å². The molecule has 0 aliphatic carbocycles. The second kappa shape index (κ2) is 7.75. The number of rotatable bonds is 6. The molecule has 0 atom stereocenters. The van der Waals surface area contributed by atoms with E-state index in [2.05, 4.69) is 20.6 Å². The van der Waals surface area contributed by atoms with E-state index in [4.69, 9.17) is 4.74 Å². The van der Waals surface area contributed by atoms with Crippen LogP contribution in [-0.2, 0) is 13.0 Å². The third-order valence-electron chi connectivity index (χ3n) is 4.51. The maximum atomic E-state index is 12.6. The summed E-state index contributed by atoms with van der Waals surface area (Å²) < 4.78 is 30.6. The van der Waals surface area contributed by atoms with Crippen molar-refractivity contribution in [3.63, 3.8) is 0 Å². The first-order valence-corrected chi connectivity index (χ1v) is 8.84. The average molecular weight is 370 g/mol. The van der Waals surface area contributed by atoms with Crippen LogP contribution >= 0.6 is 0 Å². The zero-order valence-corrected chi connectivity index (χ0v) is 14.6. The maximum Gasteiger partial charge on any atom is 0.272 e. The van der Waals surface area contributed by atoms with Crippen LogP contribution in [0.15, 0.2) is 48.8 Å². The van der Waals surface area contributed by atoms with E-state index in [0.717, 1.165) is 42.3 Å². The largest absolute Gasteiger partial charge is 0.485 e. The zero-order valence-electron chi connectivity index (χ0n) is 14.6. The minimum absolute atomic E-state index is 0.334. The van der Waals surface area contributed by atoms with Crippen LogP contribution in [0.4, 0.5) is 20.2 Å². The molecule has 0 saturated heterocycles. The number of aromatic amines is 1. The number of hydrogen-bond donors (Lipinski definition) is 3. The molecular formula is C20H20F2N4O. The van der Waals surface area contributed by atoms with Crippen molar-refractivity contribution in [3.8, 4) is 17.0 Å². The SMILES string of the molecule is FC(F)COc1cnccc1-c1[nH]c2c(c1Nc1ccccc1)CCNC2. The number of benzene rings is 1. The number of pyridine rings is 1. The van der Waals surface area contributed by atoms with Crippen LogP contribution in [0.1, 0.15) is 11.3 Å². The molecule has 1 aliphatic heterocycles. The molecule has 0 radical (unpaired) electrons. The van der Waals surface area contributed by atoms with Crippen LogP contribution in [0, 0.1) is 0 Å². The minimum atomic E-state index is -2.54. The molecule has 7 heteroatoms. The number of nitrogens with zero attached hydrogens (tertiary/aromatic N) is 1. The topological polar surface area (TPSA) is 62.0 Å². The van der Waals surface area contributed by atoms with Gasteiger partial charge in [-0.15, -0.1) is 0 Å². The fourth-order valence-electron chi connectivity index (χ4n) is 3.30. The summed E-state index contributed by atoms with van der Waals surface area (Å²) in [7, 11) is 0. The molecule has 4 rings (SSSR count). The first-order valence-electron chi connectivity index (χ1n) is 8.84. The Morgan fingerprint density at radius 3 is 2.85 bits per heavy atom. The van der Waals surface area contributed by atoms with E-state index in [9.17, 15) is 8.78 Å². The number of alkyl halides is 2. The van der Waals surface area contributed by atoms with Gasteiger partial charge in [-0.25, -0.2) is 8.78 Å². The molecule has 3 N–H and O–H groups in total. The second-order valence-corrected chi connectivity index (χ2v) is 6.32. The molecule has 0 saturated carbocycles. The van der Waals surface area contributed by atoms with Gasteiger partial charge in [0.25, 0.3) is 6.43 Å². The molecule has 140 valence electrons. The highest BCUT2D eigenvalue weighted by Crippen LogP contribution is 2.40. The van der Waals surface area contributed by atoms with Crippen molar-refractivity contribution in [1.82, 2.24) is 15.3 Å². The van der Waals surface area contributed by atoms with Gasteiger partial charge in [0, 0.05) is 29.7 Å². The van der Waals surface area contributed by atoms with E-state index in [1.165, 1.54) is 11.8 Å². The van der Waals surface area contributed by atoms with Crippen molar-refractivity contribution >= 4 is 11.4 Å². The first-order chi connectivity index (χ1) is 13.2. The summed E-state index contributed by atoms with van der Waals surface area (Å²) in [5.74, 6) is 0.334. The molecule has 0 spiro atoms. The lowest BCUT2D eigenvalue weighted by Crippen LogP contribution is -2.23. The van der Waals surface area contributed by atoms with Crippen LogP contribution in [0.2, 0.25) is 0 Å². The van der Waals surface area contributed by atoms with E-state index in [1.807, 2.05) is 30.3 Å². The Morgan fingerprint density at radius 1 is 1.19 bits per heavy atom. The highest BCUT2D eigenvalue weighted by Gasteiger charge is 2.23. The summed E-state index contributed by atoms with van der Waals surface area (Å²) in [6.07, 6.45) is 1.44. The number of fused-ring (bicyclic) bond motifs is 1. The molecule has 1 aromatic carbocycles. The fraction of sp³-hybridized carbons (Fsp3) is 0.250. The van der Waals surface area contributed by atoms with E-state index >= 15 is 0 Å². The molecule has 3 heterocycles. The Kier molecular flexibility index (Phi) is 5.02. The standard InChI is InChI=1S/C20H20F2N4O/c21-18(22)12-27-17-11-24-9-7-15(17)20-19(25-13-4-2-1-3-5-13)14-6-8-23-10-16(14)26-20/h1-5,7,9,11,18,23,25-26H,6,8,10,12H2. The van der Waals surface area contributed by atoms with Crippen molar-refractivity contribution in [2.45, 2.75) is 19.4 Å². The monoisotopic (exact) mass is 370 g/mol. The number of hydrogen-bond acceptors (Lipinski definition) is 4. The number of H-pyrrole nitrogens is 1. The van der Waals surface area contributed by atoms with E-state index < -0.39 is 13.0 Å². The number of ether oxygens (including phenoxy) is 1. The number of halogens is 2. The molecule has 2 aromatic heterocycles. The van der Waals surface area contributed by atoms with Gasteiger partial charge < -0.3 is 20.4 Å². The molecular weight excluding hydrogens is 350 g/mol. The molecule has 0 bridgehead atoms. The normalized spacial score (nSPS) is 13.4. The van der Waals surface area contributed by atoms with E-state index in [0.29, 0.717) is 11.3 Å². The third kappa shape index (κ3) is 3.78. The number of anilines is 2. The lowest BCUT2D eigenvalue weighted by molar-refractivity contribution is 0.0820. The summed E-state index contributed by atoms with van der Waals surface area (Å²) >= 11 is 0. The number of aromatic nitrogens is 2. The van der Waals surface area contributed by atoms with E-state index in [1.54, 1.807) is 12.3 Å². The van der Waals surface area contributed by atoms with Crippen LogP contribution in [-0.4, -0.2) is 29.5 Å². The molecule has 0 amide bonds. The van der Waals surface area contributed by atoms with Crippen LogP contribution in [0.5, 0.6) is 5.75 Å². The minimum Gasteiger partial charge on any atom is -0.485 e. The fourth-order valence-corrected chi connectivity index (χ4v) is 3.30. The second-order valence-electron chi connectivity index (χ2n) is 6.32. The Balaban J connectivity index is 1.78. The molecule has 1 aliphatic rings. The Hall–Kier alpha value is -2.93. The van der Waals surface area contributed by atoms with Gasteiger partial charge in [-0.1, -0.05) is 18.2 Å². The van der Waals surface area contributed by atoms with Crippen molar-refractivity contribution in [3.05, 3.63) is 60.0 Å². The van der Waals surface area contributed by atoms with Crippen molar-refractivity contribution < 1.29 is 13.5 Å². The highest BCUT2D eigenvalue weighted by molar-refractivity contribution is 5.85. The van der Waals surface area contributed by atoms with Gasteiger partial charge in [0.05, 0.1) is 17.6 Å². The predicted molar refractivity (Wildman–Crippen MR) is 101 cm³/mol. The summed E-state index contributed by atoms with van der Waals surface area (Å²) in [6, 6.07) is 11.7. The molecule has 3 aromatic rings. The van der Waals surface area contributed by atoms with Crippen LogP contribution in [0.25, 0.3) is 11.3 Å². The van der Waals surface area contributed by atoms with Gasteiger partial charge in [-0.3, -0.25) is 4.98 Å². The molecule has 0 unspecified atom stereocenters. The quantitative estimate of drug-likeness (QED) is 0.611. The summed E-state index contributed by atoms with van der Waals surface area (Å²) in [5.41, 5.74) is 5.72. The smallest absolute Gasteiger partial charge is 0.272 e. The summed E-state index contributed by atoms with van der Waals surface area (Å²) in [4.78, 5) is 7.47. The molecule has 5 nitrogen and oxygen atoms in total. The first kappa shape index (κ1) is 17.5. The lowest BCUT2D eigenvalue weighted by atomic mass is 10.0. The van der Waals surface area contributed by atoms with E-state index in [-0.39, 0.29) is 0 Å². The maximum absolute atomic E-state index is 12.6. The van der Waals surface area contributed by atoms with Gasteiger partial charge in [0.1, 0.15) is 12.4 Å². The third-order valence-corrected chi connectivity index (χ3v) is 4.51. The summed E-state index contributed by atoms with van der Waals surface area (Å²) in [5, 5.41) is 6.84. The van der Waals surface area contributed by atoms with Gasteiger partial charge in [0.2, 0.25) is 0 Å².